The molecule has 0 spiro atoms. The van der Waals surface area contributed by atoms with Gasteiger partial charge in [0.1, 0.15) is 11.6 Å². The SMILES string of the molecule is COCc1c(F)cc(CN=C=O)cc1F. The number of halogens is 2. The first-order valence-electron chi connectivity index (χ1n) is 4.18. The molecule has 1 rings (SSSR count). The zero-order valence-corrected chi connectivity index (χ0v) is 8.09. The number of ether oxygens (including phenoxy) is 1. The van der Waals surface area contributed by atoms with E-state index >= 15 is 0 Å². The number of isocyanates is 1. The first kappa shape index (κ1) is 11.5. The van der Waals surface area contributed by atoms with E-state index in [0.29, 0.717) is 0 Å². The van der Waals surface area contributed by atoms with Crippen molar-refractivity contribution in [3.63, 3.8) is 0 Å². The van der Waals surface area contributed by atoms with Crippen LogP contribution in [0.2, 0.25) is 0 Å². The van der Waals surface area contributed by atoms with Crippen LogP contribution in [0.15, 0.2) is 17.1 Å². The Labute approximate surface area is 85.4 Å². The third-order valence-corrected chi connectivity index (χ3v) is 1.82. The van der Waals surface area contributed by atoms with Gasteiger partial charge in [0.05, 0.1) is 13.2 Å². The minimum atomic E-state index is -0.701. The summed E-state index contributed by atoms with van der Waals surface area (Å²) in [7, 11) is 1.35. The third-order valence-electron chi connectivity index (χ3n) is 1.82. The van der Waals surface area contributed by atoms with Gasteiger partial charge in [0.25, 0.3) is 0 Å². The molecule has 0 fully saturated rings. The Hall–Kier alpha value is -1.58. The van der Waals surface area contributed by atoms with Crippen molar-refractivity contribution in [2.75, 3.05) is 7.11 Å². The van der Waals surface area contributed by atoms with E-state index in [1.165, 1.54) is 13.2 Å². The third kappa shape index (κ3) is 2.94. The Balaban J connectivity index is 3.01. The maximum Gasteiger partial charge on any atom is 0.235 e. The van der Waals surface area contributed by atoms with Gasteiger partial charge in [-0.25, -0.2) is 18.6 Å². The number of carbonyl (C=O) groups excluding carboxylic acids is 1. The smallest absolute Gasteiger partial charge is 0.235 e. The Kier molecular flexibility index (Phi) is 4.09. The maximum absolute atomic E-state index is 13.3. The van der Waals surface area contributed by atoms with E-state index in [-0.39, 0.29) is 24.3 Å². The highest BCUT2D eigenvalue weighted by atomic mass is 19.1. The number of hydrogen-bond acceptors (Lipinski definition) is 3. The van der Waals surface area contributed by atoms with Gasteiger partial charge in [-0.3, -0.25) is 0 Å². The van der Waals surface area contributed by atoms with Crippen LogP contribution in [0, 0.1) is 11.6 Å². The van der Waals surface area contributed by atoms with Gasteiger partial charge in [-0.2, -0.15) is 0 Å². The van der Waals surface area contributed by atoms with Gasteiger partial charge in [0.2, 0.25) is 6.08 Å². The maximum atomic E-state index is 13.3. The van der Waals surface area contributed by atoms with E-state index in [4.69, 9.17) is 0 Å². The van der Waals surface area contributed by atoms with Crippen LogP contribution in [0.3, 0.4) is 0 Å². The zero-order chi connectivity index (χ0) is 11.3. The Morgan fingerprint density at radius 1 is 1.40 bits per heavy atom. The highest BCUT2D eigenvalue weighted by Gasteiger charge is 2.10. The van der Waals surface area contributed by atoms with Crippen molar-refractivity contribution in [2.24, 2.45) is 4.99 Å². The van der Waals surface area contributed by atoms with Crippen molar-refractivity contribution in [3.05, 3.63) is 34.9 Å². The van der Waals surface area contributed by atoms with Crippen LogP contribution in [0.4, 0.5) is 8.78 Å². The van der Waals surface area contributed by atoms with E-state index in [2.05, 4.69) is 9.73 Å². The van der Waals surface area contributed by atoms with Crippen LogP contribution in [0.5, 0.6) is 0 Å². The molecule has 3 nitrogen and oxygen atoms in total. The van der Waals surface area contributed by atoms with Gasteiger partial charge >= 0.3 is 0 Å². The Morgan fingerprint density at radius 2 is 2.00 bits per heavy atom. The standard InChI is InChI=1S/C10H9F2NO2/c1-15-5-8-9(11)2-7(3-10(8)12)4-13-6-14/h2-3H,4-5H2,1H3. The lowest BCUT2D eigenvalue weighted by Crippen LogP contribution is -1.99. The highest BCUT2D eigenvalue weighted by Crippen LogP contribution is 2.16. The summed E-state index contributed by atoms with van der Waals surface area (Å²) in [5.74, 6) is -1.40. The molecule has 80 valence electrons. The first-order valence-corrected chi connectivity index (χ1v) is 4.18. The number of benzene rings is 1. The second-order valence-corrected chi connectivity index (χ2v) is 2.88. The Morgan fingerprint density at radius 3 is 2.47 bits per heavy atom. The quantitative estimate of drug-likeness (QED) is 0.566. The summed E-state index contributed by atoms with van der Waals surface area (Å²) in [4.78, 5) is 13.0. The van der Waals surface area contributed by atoms with Crippen molar-refractivity contribution in [1.29, 1.82) is 0 Å². The minimum absolute atomic E-state index is 0.0788. The molecule has 0 atom stereocenters. The lowest BCUT2D eigenvalue weighted by molar-refractivity contribution is 0.177. The fourth-order valence-electron chi connectivity index (χ4n) is 1.15. The summed E-state index contributed by atoms with van der Waals surface area (Å²) in [6, 6.07) is 2.25. The van der Waals surface area contributed by atoms with E-state index in [9.17, 15) is 13.6 Å². The lowest BCUT2D eigenvalue weighted by Gasteiger charge is -2.05. The Bertz CT molecular complexity index is 377. The van der Waals surface area contributed by atoms with Crippen molar-refractivity contribution in [3.8, 4) is 0 Å². The second kappa shape index (κ2) is 5.34. The second-order valence-electron chi connectivity index (χ2n) is 2.88. The van der Waals surface area contributed by atoms with Crippen molar-refractivity contribution in [1.82, 2.24) is 0 Å². The molecule has 0 unspecified atom stereocenters. The van der Waals surface area contributed by atoms with Gasteiger partial charge in [0.15, 0.2) is 0 Å². The van der Waals surface area contributed by atoms with Crippen LogP contribution >= 0.6 is 0 Å². The number of aliphatic imine (C=N–C) groups is 1. The van der Waals surface area contributed by atoms with E-state index in [1.54, 1.807) is 0 Å². The fourth-order valence-corrected chi connectivity index (χ4v) is 1.15. The molecule has 0 amide bonds. The van der Waals surface area contributed by atoms with Crippen molar-refractivity contribution >= 4 is 6.08 Å². The predicted molar refractivity (Wildman–Crippen MR) is 48.9 cm³/mol. The monoisotopic (exact) mass is 213 g/mol. The van der Waals surface area contributed by atoms with Crippen LogP contribution in [-0.4, -0.2) is 13.2 Å². The van der Waals surface area contributed by atoms with E-state index < -0.39 is 11.6 Å². The van der Waals surface area contributed by atoms with Gasteiger partial charge in [0, 0.05) is 12.7 Å². The summed E-state index contributed by atoms with van der Waals surface area (Å²) in [5.41, 5.74) is 0.157. The molecule has 0 aliphatic rings. The van der Waals surface area contributed by atoms with Crippen LogP contribution < -0.4 is 0 Å². The average molecular weight is 213 g/mol. The van der Waals surface area contributed by atoms with Crippen LogP contribution in [0.25, 0.3) is 0 Å². The molecule has 5 heteroatoms. The molecule has 0 N–H and O–H groups in total. The molecule has 15 heavy (non-hydrogen) atoms. The number of nitrogens with zero attached hydrogens (tertiary/aromatic N) is 1. The molecule has 0 saturated heterocycles. The number of hydrogen-bond donors (Lipinski definition) is 0. The van der Waals surface area contributed by atoms with E-state index in [1.807, 2.05) is 0 Å². The van der Waals surface area contributed by atoms with Gasteiger partial charge < -0.3 is 4.74 Å². The van der Waals surface area contributed by atoms with Gasteiger partial charge in [-0.15, -0.1) is 0 Å². The molecule has 0 aliphatic carbocycles. The molecule has 0 aliphatic heterocycles. The summed E-state index contributed by atoms with van der Waals surface area (Å²) in [6.07, 6.45) is 1.30. The average Bonchev–Trinajstić information content (AvgIpc) is 2.20. The molecule has 0 heterocycles. The predicted octanol–water partition coefficient (Wildman–Crippen LogP) is 1.95. The van der Waals surface area contributed by atoms with Crippen LogP contribution in [0.1, 0.15) is 11.1 Å². The van der Waals surface area contributed by atoms with Gasteiger partial charge in [-0.05, 0) is 17.7 Å². The van der Waals surface area contributed by atoms with Gasteiger partial charge in [-0.1, -0.05) is 0 Å². The fraction of sp³-hybridized carbons (Fsp3) is 0.300. The van der Waals surface area contributed by atoms with Crippen molar-refractivity contribution < 1.29 is 18.3 Å². The molecule has 1 aromatic carbocycles. The number of methoxy groups -OCH3 is 1. The van der Waals surface area contributed by atoms with E-state index in [0.717, 1.165) is 12.1 Å². The summed E-state index contributed by atoms with van der Waals surface area (Å²) < 4.78 is 31.2. The first-order chi connectivity index (χ1) is 7.19. The molecule has 0 saturated carbocycles. The van der Waals surface area contributed by atoms with Crippen LogP contribution in [-0.2, 0) is 22.7 Å². The minimum Gasteiger partial charge on any atom is -0.380 e. The molecular formula is C10H9F2NO2. The normalized spacial score (nSPS) is 9.80. The molecule has 1 aromatic rings. The molecule has 0 radical (unpaired) electrons. The molecule has 0 aromatic heterocycles. The lowest BCUT2D eigenvalue weighted by atomic mass is 10.1. The largest absolute Gasteiger partial charge is 0.380 e. The summed E-state index contributed by atoms with van der Waals surface area (Å²) in [6.45, 7) is -0.209. The summed E-state index contributed by atoms with van der Waals surface area (Å²) >= 11 is 0. The zero-order valence-electron chi connectivity index (χ0n) is 8.09. The van der Waals surface area contributed by atoms with Crippen molar-refractivity contribution in [2.45, 2.75) is 13.2 Å². The molecular weight excluding hydrogens is 204 g/mol. The highest BCUT2D eigenvalue weighted by molar-refractivity contribution is 5.34. The topological polar surface area (TPSA) is 38.7 Å². The number of rotatable bonds is 4. The molecule has 0 bridgehead atoms. The summed E-state index contributed by atoms with van der Waals surface area (Å²) in [5, 5.41) is 0.